The summed E-state index contributed by atoms with van der Waals surface area (Å²) in [7, 11) is 0. The van der Waals surface area contributed by atoms with Crippen molar-refractivity contribution < 1.29 is 18.9 Å². The topological polar surface area (TPSA) is 94.9 Å². The molecule has 2 aromatic carbocycles. The quantitative estimate of drug-likeness (QED) is 0.219. The van der Waals surface area contributed by atoms with Crippen LogP contribution in [0.4, 0.5) is 5.69 Å². The van der Waals surface area contributed by atoms with Crippen molar-refractivity contribution in [2.24, 2.45) is 4.99 Å². The average molecular weight is 443 g/mol. The third kappa shape index (κ3) is 3.85. The Labute approximate surface area is 180 Å². The number of nitrogens with zero attached hydrogens (tertiary/aromatic N) is 2. The predicted molar refractivity (Wildman–Crippen MR) is 113 cm³/mol. The summed E-state index contributed by atoms with van der Waals surface area (Å²) in [6, 6.07) is 12.9. The van der Waals surface area contributed by atoms with E-state index in [4.69, 9.17) is 32.4 Å². The first-order valence-corrected chi connectivity index (χ1v) is 9.40. The molecule has 0 fully saturated rings. The first-order valence-electron chi connectivity index (χ1n) is 8.65. The maximum Gasteiger partial charge on any atom is 0.363 e. The van der Waals surface area contributed by atoms with Gasteiger partial charge in [0, 0.05) is 33.9 Å². The van der Waals surface area contributed by atoms with Crippen molar-refractivity contribution in [3.05, 3.63) is 91.3 Å². The molecule has 3 aromatic rings. The molecule has 0 N–H and O–H groups in total. The number of rotatable bonds is 4. The van der Waals surface area contributed by atoms with Gasteiger partial charge >= 0.3 is 5.97 Å². The van der Waals surface area contributed by atoms with Crippen molar-refractivity contribution in [1.82, 2.24) is 0 Å². The SMILES string of the molecule is Cc1ccc(C2=NC(=Cc3ccc(-c4ccc(Cl)cc4Cl)o3)C(=O)O2)cc1[N+](=O)[O-]. The van der Waals surface area contributed by atoms with Gasteiger partial charge in [-0.3, -0.25) is 10.1 Å². The van der Waals surface area contributed by atoms with E-state index >= 15 is 0 Å². The number of aryl methyl sites for hydroxylation is 1. The number of carbonyl (C=O) groups excluding carboxylic acids is 1. The molecule has 0 saturated heterocycles. The summed E-state index contributed by atoms with van der Waals surface area (Å²) in [6.45, 7) is 1.62. The Balaban J connectivity index is 1.64. The fourth-order valence-electron chi connectivity index (χ4n) is 2.87. The van der Waals surface area contributed by atoms with Crippen LogP contribution in [0.15, 0.2) is 63.6 Å². The van der Waals surface area contributed by atoms with Crippen molar-refractivity contribution in [1.29, 1.82) is 0 Å². The zero-order chi connectivity index (χ0) is 21.4. The fraction of sp³-hybridized carbons (Fsp3) is 0.0476. The Morgan fingerprint density at radius 3 is 2.63 bits per heavy atom. The Kier molecular flexibility index (Phi) is 5.15. The molecule has 0 radical (unpaired) electrons. The lowest BCUT2D eigenvalue weighted by Gasteiger charge is -2.01. The lowest BCUT2D eigenvalue weighted by Crippen LogP contribution is -2.06. The Hall–Kier alpha value is -3.42. The molecule has 9 heteroatoms. The lowest BCUT2D eigenvalue weighted by atomic mass is 10.1. The van der Waals surface area contributed by atoms with Crippen LogP contribution in [0.2, 0.25) is 10.0 Å². The standard InChI is InChI=1S/C21H12Cl2N2O5/c1-11-2-3-12(8-18(11)25(27)28)20-24-17(21(26)30-20)10-14-5-7-19(29-14)15-6-4-13(22)9-16(15)23/h2-10H,1H3. The number of hydrogen-bond acceptors (Lipinski definition) is 6. The molecule has 30 heavy (non-hydrogen) atoms. The minimum Gasteiger partial charge on any atom is -0.457 e. The molecule has 1 aliphatic heterocycles. The lowest BCUT2D eigenvalue weighted by molar-refractivity contribution is -0.385. The van der Waals surface area contributed by atoms with Gasteiger partial charge in [-0.05, 0) is 43.3 Å². The van der Waals surface area contributed by atoms with Gasteiger partial charge in [0.1, 0.15) is 11.5 Å². The van der Waals surface area contributed by atoms with Crippen LogP contribution in [0.5, 0.6) is 0 Å². The Morgan fingerprint density at radius 2 is 1.90 bits per heavy atom. The number of halogens is 2. The molecular formula is C21H12Cl2N2O5. The summed E-state index contributed by atoms with van der Waals surface area (Å²) >= 11 is 12.1. The van der Waals surface area contributed by atoms with Crippen LogP contribution in [0.3, 0.4) is 0 Å². The van der Waals surface area contributed by atoms with Crippen molar-refractivity contribution in [2.45, 2.75) is 6.92 Å². The number of benzene rings is 2. The van der Waals surface area contributed by atoms with Crippen molar-refractivity contribution in [3.8, 4) is 11.3 Å². The molecule has 150 valence electrons. The number of hydrogen-bond donors (Lipinski definition) is 0. The van der Waals surface area contributed by atoms with Crippen LogP contribution in [-0.4, -0.2) is 16.8 Å². The minimum absolute atomic E-state index is 0.0105. The number of aliphatic imine (C=N–C) groups is 1. The summed E-state index contributed by atoms with van der Waals surface area (Å²) < 4.78 is 10.9. The van der Waals surface area contributed by atoms with Gasteiger partial charge in [0.25, 0.3) is 5.69 Å². The molecule has 0 saturated carbocycles. The molecule has 7 nitrogen and oxygen atoms in total. The highest BCUT2D eigenvalue weighted by molar-refractivity contribution is 6.36. The minimum atomic E-state index is -0.685. The van der Waals surface area contributed by atoms with Gasteiger partial charge in [-0.1, -0.05) is 29.3 Å². The first kappa shape index (κ1) is 19.9. The highest BCUT2D eigenvalue weighted by Crippen LogP contribution is 2.32. The Bertz CT molecular complexity index is 1260. The molecule has 0 spiro atoms. The van der Waals surface area contributed by atoms with E-state index in [0.29, 0.717) is 38.3 Å². The second-order valence-electron chi connectivity index (χ2n) is 6.42. The second-order valence-corrected chi connectivity index (χ2v) is 7.26. The molecule has 0 amide bonds. The van der Waals surface area contributed by atoms with E-state index in [-0.39, 0.29) is 17.3 Å². The van der Waals surface area contributed by atoms with Crippen LogP contribution < -0.4 is 0 Å². The van der Waals surface area contributed by atoms with Gasteiger partial charge in [-0.2, -0.15) is 0 Å². The van der Waals surface area contributed by atoms with E-state index < -0.39 is 10.9 Å². The summed E-state index contributed by atoms with van der Waals surface area (Å²) in [4.78, 5) is 27.0. The summed E-state index contributed by atoms with van der Waals surface area (Å²) in [5.41, 5.74) is 1.40. The molecule has 4 rings (SSSR count). The smallest absolute Gasteiger partial charge is 0.363 e. The highest BCUT2D eigenvalue weighted by Gasteiger charge is 2.26. The number of esters is 1. The number of nitro groups is 1. The zero-order valence-electron chi connectivity index (χ0n) is 15.4. The van der Waals surface area contributed by atoms with Crippen LogP contribution in [0.25, 0.3) is 17.4 Å². The highest BCUT2D eigenvalue weighted by atomic mass is 35.5. The zero-order valence-corrected chi connectivity index (χ0v) is 16.9. The monoisotopic (exact) mass is 442 g/mol. The van der Waals surface area contributed by atoms with Gasteiger partial charge in [-0.15, -0.1) is 0 Å². The molecule has 2 heterocycles. The van der Waals surface area contributed by atoms with Crippen molar-refractivity contribution in [2.75, 3.05) is 0 Å². The second kappa shape index (κ2) is 7.78. The number of carbonyl (C=O) groups is 1. The fourth-order valence-corrected chi connectivity index (χ4v) is 3.37. The third-order valence-electron chi connectivity index (χ3n) is 4.38. The molecule has 0 bridgehead atoms. The normalized spacial score (nSPS) is 14.7. The number of ether oxygens (including phenoxy) is 1. The van der Waals surface area contributed by atoms with Gasteiger partial charge < -0.3 is 9.15 Å². The van der Waals surface area contributed by atoms with Gasteiger partial charge in [0.2, 0.25) is 5.90 Å². The molecule has 0 unspecified atom stereocenters. The average Bonchev–Trinajstić information content (AvgIpc) is 3.29. The summed E-state index contributed by atoms with van der Waals surface area (Å²) in [5.74, 6) is 0.161. The molecule has 0 atom stereocenters. The first-order chi connectivity index (χ1) is 14.3. The van der Waals surface area contributed by atoms with E-state index in [0.717, 1.165) is 0 Å². The maximum atomic E-state index is 12.2. The van der Waals surface area contributed by atoms with Crippen LogP contribution in [-0.2, 0) is 9.53 Å². The van der Waals surface area contributed by atoms with Crippen LogP contribution in [0.1, 0.15) is 16.9 Å². The van der Waals surface area contributed by atoms with Crippen molar-refractivity contribution >= 4 is 46.8 Å². The van der Waals surface area contributed by atoms with Crippen LogP contribution >= 0.6 is 23.2 Å². The summed E-state index contributed by atoms with van der Waals surface area (Å²) in [6.07, 6.45) is 1.42. The van der Waals surface area contributed by atoms with E-state index in [1.807, 2.05) is 0 Å². The largest absolute Gasteiger partial charge is 0.457 e. The van der Waals surface area contributed by atoms with Gasteiger partial charge in [-0.25, -0.2) is 9.79 Å². The number of nitro benzene ring substituents is 1. The third-order valence-corrected chi connectivity index (χ3v) is 4.92. The predicted octanol–water partition coefficient (Wildman–Crippen LogP) is 5.81. The molecule has 0 aliphatic carbocycles. The molecule has 1 aliphatic rings. The molecular weight excluding hydrogens is 431 g/mol. The Morgan fingerprint density at radius 1 is 1.10 bits per heavy atom. The molecule has 1 aromatic heterocycles. The van der Waals surface area contributed by atoms with Gasteiger partial charge in [0.05, 0.1) is 9.95 Å². The van der Waals surface area contributed by atoms with Crippen LogP contribution in [0, 0.1) is 17.0 Å². The van der Waals surface area contributed by atoms with Gasteiger partial charge in [0.15, 0.2) is 5.70 Å². The van der Waals surface area contributed by atoms with E-state index in [1.165, 1.54) is 12.1 Å². The van der Waals surface area contributed by atoms with E-state index in [2.05, 4.69) is 4.99 Å². The van der Waals surface area contributed by atoms with E-state index in [9.17, 15) is 14.9 Å². The summed E-state index contributed by atoms with van der Waals surface area (Å²) in [5, 5.41) is 12.1. The maximum absolute atomic E-state index is 12.2. The van der Waals surface area contributed by atoms with Crippen molar-refractivity contribution in [3.63, 3.8) is 0 Å². The van der Waals surface area contributed by atoms with E-state index in [1.54, 1.807) is 49.4 Å². The number of furan rings is 1. The number of cyclic esters (lactones) is 1.